The van der Waals surface area contributed by atoms with Crippen molar-refractivity contribution in [2.45, 2.75) is 107 Å². The largest absolute Gasteiger partial charge is 0.629 e. The Hall–Kier alpha value is -5.41. The lowest BCUT2D eigenvalue weighted by Crippen LogP contribution is -2.98. The van der Waals surface area contributed by atoms with Gasteiger partial charge in [0.15, 0.2) is 17.3 Å². The molecular formula is C53H68FN9O8S. The van der Waals surface area contributed by atoms with Gasteiger partial charge in [-0.15, -0.1) is 0 Å². The maximum absolute atomic E-state index is 14.9. The second-order valence-corrected chi connectivity index (χ2v) is 23.1. The average Bonchev–Trinajstić information content (AvgIpc) is 3.70. The van der Waals surface area contributed by atoms with E-state index in [0.29, 0.717) is 43.4 Å². The molecule has 1 spiro atoms. The Kier molecular flexibility index (Phi) is 14.0. The molecule has 5 fully saturated rings. The van der Waals surface area contributed by atoms with E-state index in [4.69, 9.17) is 14.2 Å². The third-order valence-electron chi connectivity index (χ3n) is 16.3. The summed E-state index contributed by atoms with van der Waals surface area (Å²) in [5.74, 6) is -0.598. The molecule has 0 bridgehead atoms. The van der Waals surface area contributed by atoms with Crippen molar-refractivity contribution < 1.29 is 42.0 Å². The zero-order chi connectivity index (χ0) is 50.5. The van der Waals surface area contributed by atoms with Gasteiger partial charge in [-0.1, -0.05) is 38.1 Å². The first-order valence-electron chi connectivity index (χ1n) is 25.5. The van der Waals surface area contributed by atoms with E-state index in [1.807, 2.05) is 6.92 Å². The number of carbonyl (C=O) groups is 1. The van der Waals surface area contributed by atoms with Crippen molar-refractivity contribution in [3.63, 3.8) is 0 Å². The van der Waals surface area contributed by atoms with Crippen LogP contribution in [0.1, 0.15) is 106 Å². The van der Waals surface area contributed by atoms with Crippen molar-refractivity contribution in [2.24, 2.45) is 11.3 Å². The van der Waals surface area contributed by atoms with Crippen molar-refractivity contribution in [3.8, 4) is 17.4 Å². The number of piperazine rings is 1. The number of fused-ring (bicyclic) bond motifs is 1. The number of H-pyrrole nitrogens is 1. The molecule has 2 saturated carbocycles. The molecule has 3 aliphatic heterocycles. The van der Waals surface area contributed by atoms with Crippen LogP contribution in [0.5, 0.6) is 17.4 Å². The van der Waals surface area contributed by atoms with Crippen molar-refractivity contribution in [2.75, 3.05) is 76.9 Å². The summed E-state index contributed by atoms with van der Waals surface area (Å²) in [6.45, 7) is 13.1. The molecule has 6 heterocycles. The number of hydrogen-bond donors (Lipinski definition) is 5. The number of aromatic amines is 1. The zero-order valence-electron chi connectivity index (χ0n) is 41.9. The van der Waals surface area contributed by atoms with E-state index in [1.54, 1.807) is 12.1 Å². The zero-order valence-corrected chi connectivity index (χ0v) is 42.7. The predicted molar refractivity (Wildman–Crippen MR) is 272 cm³/mol. The summed E-state index contributed by atoms with van der Waals surface area (Å²) in [4.78, 5) is 33.0. The monoisotopic (exact) mass is 1010 g/mol. The number of nitrogens with one attached hydrogen (secondary N) is 4. The maximum Gasteiger partial charge on any atom is 0.268 e. The van der Waals surface area contributed by atoms with Crippen LogP contribution in [0.2, 0.25) is 0 Å². The summed E-state index contributed by atoms with van der Waals surface area (Å²) < 4.78 is 62.5. The number of ether oxygens (including phenoxy) is 3. The van der Waals surface area contributed by atoms with Gasteiger partial charge in [-0.05, 0) is 98.8 Å². The third kappa shape index (κ3) is 10.3. The fraction of sp³-hybridized carbons (Fsp3) is 0.528. The number of benzene rings is 2. The molecule has 2 aromatic carbocycles. The van der Waals surface area contributed by atoms with Crippen LogP contribution in [-0.4, -0.2) is 129 Å². The van der Waals surface area contributed by atoms with E-state index in [-0.39, 0.29) is 61.7 Å². The molecule has 0 radical (unpaired) electrons. The first-order chi connectivity index (χ1) is 34.5. The Morgan fingerprint density at radius 2 is 1.78 bits per heavy atom. The number of piperidine rings is 1. The summed E-state index contributed by atoms with van der Waals surface area (Å²) in [6, 6.07) is 17.9. The van der Waals surface area contributed by atoms with Gasteiger partial charge < -0.3 is 44.8 Å². The summed E-state index contributed by atoms with van der Waals surface area (Å²) in [5, 5.41) is 26.2. The first-order valence-corrected chi connectivity index (χ1v) is 27.0. The van der Waals surface area contributed by atoms with Crippen LogP contribution in [0.25, 0.3) is 11.0 Å². The molecule has 2 atom stereocenters. The second kappa shape index (κ2) is 20.1. The minimum Gasteiger partial charge on any atom is -0.629 e. The SMILES string of the molecule is COc1nc2[nH]cc(F)c2cc1Oc1cc(N2CCC3(CC2)CC(N2CCN(C4COC4)CC2c2ccccc2C(C)C)C3)ccc1C(=O)NS(=O)(=O)c1cnc(NC[C@H]2CC[C@](C)(O)CC2)c([NH+](C)[O-])c1. The average molecular weight is 1010 g/mol. The molecule has 3 saturated heterocycles. The van der Waals surface area contributed by atoms with Crippen molar-refractivity contribution in [1.29, 1.82) is 0 Å². The van der Waals surface area contributed by atoms with Crippen LogP contribution in [0.15, 0.2) is 71.9 Å². The Bertz CT molecular complexity index is 2890. The summed E-state index contributed by atoms with van der Waals surface area (Å²) >= 11 is 0. The summed E-state index contributed by atoms with van der Waals surface area (Å²) in [5.41, 5.74) is 3.34. The molecule has 386 valence electrons. The smallest absolute Gasteiger partial charge is 0.268 e. The molecule has 5 aliphatic rings. The number of nitrogens with zero attached hydrogens (tertiary/aromatic N) is 5. The predicted octanol–water partition coefficient (Wildman–Crippen LogP) is 6.64. The highest BCUT2D eigenvalue weighted by atomic mass is 32.2. The Balaban J connectivity index is 0.862. The molecule has 3 aromatic heterocycles. The quantitative estimate of drug-likeness (QED) is 0.0699. The number of hydroxylamine groups is 1. The Labute approximate surface area is 421 Å². The minimum atomic E-state index is -4.58. The highest BCUT2D eigenvalue weighted by Gasteiger charge is 2.50. The number of carbonyl (C=O) groups excluding carboxylic acids is 1. The standard InChI is InChI=1S/C53H68FN9O8S/c1-33(2)39-8-6-7-9-40(39)45-30-62(37-31-70-32-37)20-21-63(45)36-25-53(26-36)16-18-61(19-17-53)35-10-11-41(46(22-35)71-47-24-42-43(54)29-57-48(42)58-51(47)69-5)50(64)59-72(67,68)38-23-44(60(4)66)49(56-28-38)55-27-34-12-14-52(3,65)15-13-34/h6-11,22-24,28-29,33-34,36-37,45,60,65H,12-21,25-27,30-32H2,1-5H3,(H,55,56)(H,57,58)(H,59,64)/t34-,45?,52-. The van der Waals surface area contributed by atoms with E-state index in [0.717, 1.165) is 96.3 Å². The van der Waals surface area contributed by atoms with Gasteiger partial charge in [0.05, 0.1) is 56.2 Å². The Morgan fingerprint density at radius 1 is 1.03 bits per heavy atom. The van der Waals surface area contributed by atoms with E-state index < -0.39 is 32.4 Å². The molecule has 72 heavy (non-hydrogen) atoms. The normalized spacial score (nSPS) is 23.7. The van der Waals surface area contributed by atoms with Crippen molar-refractivity contribution in [1.82, 2.24) is 29.5 Å². The highest BCUT2D eigenvalue weighted by molar-refractivity contribution is 7.90. The van der Waals surface area contributed by atoms with Crippen molar-refractivity contribution >= 4 is 44.2 Å². The first kappa shape index (κ1) is 50.1. The van der Waals surface area contributed by atoms with E-state index in [9.17, 15) is 27.9 Å². The second-order valence-electron chi connectivity index (χ2n) is 21.5. The van der Waals surface area contributed by atoms with E-state index in [1.165, 1.54) is 49.7 Å². The Morgan fingerprint density at radius 3 is 2.47 bits per heavy atom. The van der Waals surface area contributed by atoms with Crippen LogP contribution in [0.3, 0.4) is 0 Å². The van der Waals surface area contributed by atoms with Crippen LogP contribution in [0.4, 0.5) is 21.6 Å². The van der Waals surface area contributed by atoms with E-state index >= 15 is 0 Å². The fourth-order valence-electron chi connectivity index (χ4n) is 11.7. The number of amides is 1. The molecule has 10 rings (SSSR count). The van der Waals surface area contributed by atoms with Gasteiger partial charge in [0, 0.05) is 81.4 Å². The lowest BCUT2D eigenvalue weighted by atomic mass is 9.59. The lowest BCUT2D eigenvalue weighted by Gasteiger charge is -2.59. The number of quaternary nitrogens is 1. The molecule has 19 heteroatoms. The number of hydrogen-bond acceptors (Lipinski definition) is 14. The number of halogens is 1. The number of pyridine rings is 2. The van der Waals surface area contributed by atoms with Gasteiger partial charge in [0.1, 0.15) is 22.1 Å². The van der Waals surface area contributed by atoms with Gasteiger partial charge in [-0.2, -0.15) is 4.98 Å². The van der Waals surface area contributed by atoms with Gasteiger partial charge in [-0.25, -0.2) is 22.5 Å². The summed E-state index contributed by atoms with van der Waals surface area (Å²) in [7, 11) is -1.86. The molecule has 2 aliphatic carbocycles. The topological polar surface area (TPSA) is 202 Å². The maximum atomic E-state index is 14.9. The fourth-order valence-corrected chi connectivity index (χ4v) is 12.7. The highest BCUT2D eigenvalue weighted by Crippen LogP contribution is 2.53. The third-order valence-corrected chi connectivity index (χ3v) is 17.6. The summed E-state index contributed by atoms with van der Waals surface area (Å²) in [6.07, 6.45) is 9.45. The number of methoxy groups -OCH3 is 1. The van der Waals surface area contributed by atoms with E-state index in [2.05, 4.69) is 77.8 Å². The van der Waals surface area contributed by atoms with Crippen LogP contribution < -0.4 is 29.5 Å². The van der Waals surface area contributed by atoms with Gasteiger partial charge in [0.2, 0.25) is 0 Å². The lowest BCUT2D eigenvalue weighted by molar-refractivity contribution is -0.751. The van der Waals surface area contributed by atoms with Gasteiger partial charge in [0.25, 0.3) is 21.8 Å². The van der Waals surface area contributed by atoms with Crippen molar-refractivity contribution in [3.05, 3.63) is 94.7 Å². The number of rotatable bonds is 15. The molecular weight excluding hydrogens is 942 g/mol. The number of anilines is 2. The molecule has 5 N–H and O–H groups in total. The molecule has 5 aromatic rings. The molecule has 1 amide bonds. The number of sulfonamides is 1. The van der Waals surface area contributed by atoms with Crippen LogP contribution in [-0.2, 0) is 14.8 Å². The van der Waals surface area contributed by atoms with Gasteiger partial charge in [-0.3, -0.25) is 14.6 Å². The number of aromatic nitrogens is 3. The van der Waals surface area contributed by atoms with Crippen LogP contribution >= 0.6 is 0 Å². The number of aliphatic hydroxyl groups is 1. The molecule has 2 unspecified atom stereocenters. The van der Waals surface area contributed by atoms with Gasteiger partial charge >= 0.3 is 0 Å². The molecule has 17 nitrogen and oxygen atoms in total. The minimum absolute atomic E-state index is 0.00578. The van der Waals surface area contributed by atoms with Crippen LogP contribution in [0, 0.1) is 22.4 Å².